The Bertz CT molecular complexity index is 397. The fourth-order valence-corrected chi connectivity index (χ4v) is 2.23. The summed E-state index contributed by atoms with van der Waals surface area (Å²) in [5.41, 5.74) is 7.59. The van der Waals surface area contributed by atoms with E-state index < -0.39 is 0 Å². The number of anilines is 1. The third kappa shape index (κ3) is 3.37. The van der Waals surface area contributed by atoms with Crippen molar-refractivity contribution in [3.05, 3.63) is 24.3 Å². The van der Waals surface area contributed by atoms with Crippen molar-refractivity contribution in [1.29, 1.82) is 0 Å². The van der Waals surface area contributed by atoms with Gasteiger partial charge in [-0.1, -0.05) is 25.0 Å². The van der Waals surface area contributed by atoms with Crippen LogP contribution in [0.3, 0.4) is 0 Å². The first kappa shape index (κ1) is 12.2. The first-order valence-corrected chi connectivity index (χ1v) is 6.57. The highest BCUT2D eigenvalue weighted by Gasteiger charge is 2.15. The monoisotopic (exact) mass is 251 g/mol. The molecular weight excluding hydrogens is 234 g/mol. The molecule has 0 aromatic heterocycles. The highest BCUT2D eigenvalue weighted by molar-refractivity contribution is 6.28. The lowest BCUT2D eigenvalue weighted by Crippen LogP contribution is -2.15. The van der Waals surface area contributed by atoms with Crippen molar-refractivity contribution in [3.63, 3.8) is 0 Å². The Balaban J connectivity index is 2.15. The number of nitrogens with zero attached hydrogens (tertiary/aromatic N) is 1. The van der Waals surface area contributed by atoms with Crippen LogP contribution < -0.4 is 11.1 Å². The van der Waals surface area contributed by atoms with E-state index in [0.29, 0.717) is 11.9 Å². The van der Waals surface area contributed by atoms with E-state index in [2.05, 4.69) is 10.3 Å². The molecule has 0 unspecified atom stereocenters. The Labute approximate surface area is 107 Å². The molecule has 1 saturated carbocycles. The quantitative estimate of drug-likeness (QED) is 0.490. The van der Waals surface area contributed by atoms with E-state index >= 15 is 0 Å². The van der Waals surface area contributed by atoms with Gasteiger partial charge in [0.05, 0.1) is 17.3 Å². The fourth-order valence-electron chi connectivity index (χ4n) is 2.17. The van der Waals surface area contributed by atoms with Crippen molar-refractivity contribution in [1.82, 2.24) is 0 Å². The van der Waals surface area contributed by atoms with Crippen LogP contribution in [0.25, 0.3) is 0 Å². The van der Waals surface area contributed by atoms with Gasteiger partial charge in [0.25, 0.3) is 0 Å². The van der Waals surface area contributed by atoms with Crippen molar-refractivity contribution < 1.29 is 0 Å². The number of rotatable bonds is 4. The second kappa shape index (κ2) is 5.92. The molecular formula is C13H18ClN3. The number of aliphatic imine (C=N–C) groups is 1. The average molecular weight is 252 g/mol. The Kier molecular flexibility index (Phi) is 4.26. The van der Waals surface area contributed by atoms with E-state index in [9.17, 15) is 0 Å². The number of hydrogen-bond acceptors (Lipinski definition) is 2. The summed E-state index contributed by atoms with van der Waals surface area (Å²) in [5.74, 6) is 0.713. The van der Waals surface area contributed by atoms with E-state index in [1.54, 1.807) is 0 Å². The van der Waals surface area contributed by atoms with Gasteiger partial charge in [-0.15, -0.1) is 11.6 Å². The van der Waals surface area contributed by atoms with E-state index in [-0.39, 0.29) is 5.88 Å². The molecule has 1 aromatic rings. The molecule has 1 fully saturated rings. The van der Waals surface area contributed by atoms with Gasteiger partial charge < -0.3 is 11.1 Å². The molecule has 1 aromatic carbocycles. The lowest BCUT2D eigenvalue weighted by molar-refractivity contribution is 0.756. The summed E-state index contributed by atoms with van der Waals surface area (Å²) in [5, 5.41) is 3.53. The molecule has 92 valence electrons. The predicted octanol–water partition coefficient (Wildman–Crippen LogP) is 3.27. The third-order valence-corrected chi connectivity index (χ3v) is 3.29. The van der Waals surface area contributed by atoms with E-state index in [4.69, 9.17) is 17.3 Å². The lowest BCUT2D eigenvalue weighted by atomic mass is 10.2. The van der Waals surface area contributed by atoms with Crippen LogP contribution in [0.5, 0.6) is 0 Å². The summed E-state index contributed by atoms with van der Waals surface area (Å²) in [4.78, 5) is 4.32. The zero-order valence-electron chi connectivity index (χ0n) is 9.82. The number of para-hydroxylation sites is 2. The maximum absolute atomic E-state index is 5.67. The maximum Gasteiger partial charge on any atom is 0.115 e. The van der Waals surface area contributed by atoms with Crippen LogP contribution in [-0.2, 0) is 0 Å². The fraction of sp³-hybridized carbons (Fsp3) is 0.462. The van der Waals surface area contributed by atoms with Crippen molar-refractivity contribution >= 4 is 28.8 Å². The lowest BCUT2D eigenvalue weighted by Gasteiger charge is -2.15. The molecule has 0 spiro atoms. The van der Waals surface area contributed by atoms with Crippen molar-refractivity contribution in [2.45, 2.75) is 31.7 Å². The molecule has 2 rings (SSSR count). The van der Waals surface area contributed by atoms with Crippen LogP contribution in [0.15, 0.2) is 29.3 Å². The minimum Gasteiger partial charge on any atom is -0.386 e. The van der Waals surface area contributed by atoms with Crippen LogP contribution in [0.2, 0.25) is 0 Å². The van der Waals surface area contributed by atoms with Gasteiger partial charge in [-0.25, -0.2) is 4.99 Å². The van der Waals surface area contributed by atoms with Gasteiger partial charge in [0, 0.05) is 6.04 Å². The zero-order valence-corrected chi connectivity index (χ0v) is 10.6. The number of hydrogen-bond donors (Lipinski definition) is 2. The van der Waals surface area contributed by atoms with Crippen LogP contribution in [0.4, 0.5) is 11.4 Å². The summed E-state index contributed by atoms with van der Waals surface area (Å²) in [6, 6.07) is 8.53. The van der Waals surface area contributed by atoms with Gasteiger partial charge in [-0.3, -0.25) is 0 Å². The number of benzene rings is 1. The molecule has 4 heteroatoms. The van der Waals surface area contributed by atoms with Crippen LogP contribution in [0.1, 0.15) is 25.7 Å². The van der Waals surface area contributed by atoms with Gasteiger partial charge in [-0.05, 0) is 25.0 Å². The Morgan fingerprint density at radius 2 is 2.06 bits per heavy atom. The summed E-state index contributed by atoms with van der Waals surface area (Å²) < 4.78 is 0. The third-order valence-electron chi connectivity index (χ3n) is 3.02. The van der Waals surface area contributed by atoms with E-state index in [1.807, 2.05) is 24.3 Å². The predicted molar refractivity (Wildman–Crippen MR) is 74.3 cm³/mol. The van der Waals surface area contributed by atoms with Gasteiger partial charge in [-0.2, -0.15) is 0 Å². The zero-order chi connectivity index (χ0) is 12.1. The molecule has 0 heterocycles. The minimum absolute atomic E-state index is 0.262. The smallest absolute Gasteiger partial charge is 0.115 e. The number of halogens is 1. The first-order valence-electron chi connectivity index (χ1n) is 6.04. The van der Waals surface area contributed by atoms with Crippen LogP contribution in [0, 0.1) is 0 Å². The van der Waals surface area contributed by atoms with Crippen LogP contribution >= 0.6 is 11.6 Å². The highest BCUT2D eigenvalue weighted by atomic mass is 35.5. The average Bonchev–Trinajstić information content (AvgIpc) is 2.84. The Hall–Kier alpha value is -1.22. The summed E-state index contributed by atoms with van der Waals surface area (Å²) >= 11 is 5.65. The number of amidine groups is 1. The molecule has 17 heavy (non-hydrogen) atoms. The molecule has 0 aliphatic heterocycles. The minimum atomic E-state index is 0.262. The summed E-state index contributed by atoms with van der Waals surface area (Å²) in [6.07, 6.45) is 5.10. The topological polar surface area (TPSA) is 50.4 Å². The van der Waals surface area contributed by atoms with Gasteiger partial charge >= 0.3 is 0 Å². The number of alkyl halides is 1. The molecule has 0 bridgehead atoms. The van der Waals surface area contributed by atoms with Crippen molar-refractivity contribution in [3.8, 4) is 0 Å². The number of nitrogens with two attached hydrogens (primary N) is 1. The van der Waals surface area contributed by atoms with E-state index in [0.717, 1.165) is 11.4 Å². The van der Waals surface area contributed by atoms with Gasteiger partial charge in [0.2, 0.25) is 0 Å². The van der Waals surface area contributed by atoms with E-state index in [1.165, 1.54) is 25.7 Å². The Morgan fingerprint density at radius 1 is 1.35 bits per heavy atom. The second-order valence-corrected chi connectivity index (χ2v) is 4.65. The molecule has 0 atom stereocenters. The summed E-state index contributed by atoms with van der Waals surface area (Å²) in [7, 11) is 0. The molecule has 3 nitrogen and oxygen atoms in total. The van der Waals surface area contributed by atoms with Crippen molar-refractivity contribution in [2.75, 3.05) is 11.2 Å². The molecule has 3 N–H and O–H groups in total. The highest BCUT2D eigenvalue weighted by Crippen LogP contribution is 2.28. The molecule has 0 amide bonds. The van der Waals surface area contributed by atoms with Gasteiger partial charge in [0.15, 0.2) is 0 Å². The molecule has 1 aliphatic carbocycles. The second-order valence-electron chi connectivity index (χ2n) is 4.38. The largest absolute Gasteiger partial charge is 0.386 e. The first-order chi connectivity index (χ1) is 8.29. The Morgan fingerprint density at radius 3 is 2.76 bits per heavy atom. The standard InChI is InChI=1S/C13H18ClN3/c14-9-13(15)17-12-8-4-3-7-11(12)16-10-5-1-2-6-10/h3-4,7-8,10,16H,1-2,5-6,9H2,(H2,15,17). The molecule has 0 saturated heterocycles. The normalized spacial score (nSPS) is 17.4. The molecule has 1 aliphatic rings. The SMILES string of the molecule is NC(CCl)=Nc1ccccc1NC1CCCC1. The van der Waals surface area contributed by atoms with Crippen LogP contribution in [-0.4, -0.2) is 17.8 Å². The molecule has 0 radical (unpaired) electrons. The van der Waals surface area contributed by atoms with Crippen molar-refractivity contribution in [2.24, 2.45) is 10.7 Å². The maximum atomic E-state index is 5.67. The number of nitrogens with one attached hydrogen (secondary N) is 1. The van der Waals surface area contributed by atoms with Gasteiger partial charge in [0.1, 0.15) is 5.84 Å². The summed E-state index contributed by atoms with van der Waals surface area (Å²) in [6.45, 7) is 0.